The normalized spacial score (nSPS) is 17.3. The summed E-state index contributed by atoms with van der Waals surface area (Å²) in [5.74, 6) is -0.185. The van der Waals surface area contributed by atoms with Gasteiger partial charge in [-0.2, -0.15) is 5.10 Å². The lowest BCUT2D eigenvalue weighted by Crippen LogP contribution is -2.19. The van der Waals surface area contributed by atoms with Crippen LogP contribution < -0.4 is 10.1 Å². The Morgan fingerprint density at radius 1 is 1.32 bits per heavy atom. The first kappa shape index (κ1) is 18.7. The SMILES string of the molecule is CCCCOc1ccc(C=N/N=C2/NC(=O)/C(=C\C(=O)OC)S2)cc1. The summed E-state index contributed by atoms with van der Waals surface area (Å²) in [4.78, 5) is 23.0. The van der Waals surface area contributed by atoms with Gasteiger partial charge >= 0.3 is 5.97 Å². The largest absolute Gasteiger partial charge is 0.494 e. The zero-order valence-electron chi connectivity index (χ0n) is 14.0. The molecule has 25 heavy (non-hydrogen) atoms. The Bertz CT molecular complexity index is 711. The number of carbonyl (C=O) groups excluding carboxylic acids is 2. The predicted molar refractivity (Wildman–Crippen MR) is 97.7 cm³/mol. The topological polar surface area (TPSA) is 89.4 Å². The van der Waals surface area contributed by atoms with E-state index < -0.39 is 11.9 Å². The number of amides is 1. The van der Waals surface area contributed by atoms with Crippen LogP contribution in [0.4, 0.5) is 0 Å². The van der Waals surface area contributed by atoms with E-state index in [0.29, 0.717) is 11.8 Å². The molecular weight excluding hydrogens is 342 g/mol. The molecule has 2 rings (SSSR count). The highest BCUT2D eigenvalue weighted by Crippen LogP contribution is 2.23. The number of methoxy groups -OCH3 is 1. The molecule has 0 atom stereocenters. The number of hydrogen-bond donors (Lipinski definition) is 1. The van der Waals surface area contributed by atoms with Crippen molar-refractivity contribution in [1.29, 1.82) is 0 Å². The molecule has 0 radical (unpaired) electrons. The van der Waals surface area contributed by atoms with Crippen LogP contribution in [-0.4, -0.2) is 37.0 Å². The first-order chi connectivity index (χ1) is 12.1. The van der Waals surface area contributed by atoms with Crippen LogP contribution in [0.15, 0.2) is 45.4 Å². The van der Waals surface area contributed by atoms with Crippen molar-refractivity contribution >= 4 is 35.0 Å². The van der Waals surface area contributed by atoms with Crippen LogP contribution in [0.5, 0.6) is 5.75 Å². The molecule has 7 nitrogen and oxygen atoms in total. The van der Waals surface area contributed by atoms with Gasteiger partial charge in [-0.05, 0) is 48.0 Å². The van der Waals surface area contributed by atoms with Crippen LogP contribution in [0.2, 0.25) is 0 Å². The second kappa shape index (κ2) is 9.63. The van der Waals surface area contributed by atoms with Crippen LogP contribution in [0.1, 0.15) is 25.3 Å². The maximum absolute atomic E-state index is 11.7. The molecule has 0 aromatic heterocycles. The van der Waals surface area contributed by atoms with Crippen molar-refractivity contribution in [2.24, 2.45) is 10.2 Å². The fourth-order valence-electron chi connectivity index (χ4n) is 1.77. The minimum Gasteiger partial charge on any atom is -0.494 e. The fourth-order valence-corrected chi connectivity index (χ4v) is 2.51. The maximum atomic E-state index is 11.7. The van der Waals surface area contributed by atoms with E-state index in [1.165, 1.54) is 7.11 Å². The minimum atomic E-state index is -0.594. The van der Waals surface area contributed by atoms with E-state index in [1.54, 1.807) is 6.21 Å². The second-order valence-corrected chi connectivity index (χ2v) is 6.04. The minimum absolute atomic E-state index is 0.217. The first-order valence-corrected chi connectivity index (χ1v) is 8.56. The van der Waals surface area contributed by atoms with Crippen molar-refractivity contribution in [2.45, 2.75) is 19.8 Å². The summed E-state index contributed by atoms with van der Waals surface area (Å²) in [6.45, 7) is 2.82. The number of nitrogens with zero attached hydrogens (tertiary/aromatic N) is 2. The van der Waals surface area contributed by atoms with Gasteiger partial charge in [0.05, 0.1) is 24.8 Å². The maximum Gasteiger partial charge on any atom is 0.331 e. The van der Waals surface area contributed by atoms with Crippen molar-refractivity contribution in [2.75, 3.05) is 13.7 Å². The van der Waals surface area contributed by atoms with Gasteiger partial charge in [-0.1, -0.05) is 13.3 Å². The smallest absolute Gasteiger partial charge is 0.331 e. The number of hydrogen-bond acceptors (Lipinski definition) is 7. The molecule has 1 N–H and O–H groups in total. The van der Waals surface area contributed by atoms with Crippen LogP contribution >= 0.6 is 11.8 Å². The van der Waals surface area contributed by atoms with Crippen molar-refractivity contribution in [3.63, 3.8) is 0 Å². The Kier molecular flexibility index (Phi) is 7.21. The summed E-state index contributed by atoms with van der Waals surface area (Å²) in [6.07, 6.45) is 4.80. The number of amidine groups is 1. The molecule has 132 valence electrons. The number of unbranched alkanes of at least 4 members (excludes halogenated alkanes) is 1. The lowest BCUT2D eigenvalue weighted by Gasteiger charge is -2.04. The number of ether oxygens (including phenoxy) is 2. The van der Waals surface area contributed by atoms with Gasteiger partial charge in [-0.25, -0.2) is 4.79 Å². The average molecular weight is 361 g/mol. The Balaban J connectivity index is 1.92. The molecule has 1 aromatic carbocycles. The highest BCUT2D eigenvalue weighted by atomic mass is 32.2. The van der Waals surface area contributed by atoms with E-state index in [0.717, 1.165) is 42.0 Å². The molecule has 8 heteroatoms. The van der Waals surface area contributed by atoms with Crippen LogP contribution in [0, 0.1) is 0 Å². The van der Waals surface area contributed by atoms with E-state index in [1.807, 2.05) is 24.3 Å². The fraction of sp³-hybridized carbons (Fsp3) is 0.294. The van der Waals surface area contributed by atoms with Gasteiger partial charge in [-0.3, -0.25) is 10.1 Å². The summed E-state index contributed by atoms with van der Waals surface area (Å²) in [5.41, 5.74) is 0.854. The quantitative estimate of drug-likeness (QED) is 0.265. The van der Waals surface area contributed by atoms with Gasteiger partial charge in [0, 0.05) is 6.08 Å². The summed E-state index contributed by atoms with van der Waals surface area (Å²) >= 11 is 1.03. The van der Waals surface area contributed by atoms with E-state index in [2.05, 4.69) is 27.2 Å². The molecule has 1 heterocycles. The Hall–Kier alpha value is -2.61. The molecular formula is C17H19N3O4S. The molecule has 0 saturated carbocycles. The standard InChI is InChI=1S/C17H19N3O4S/c1-3-4-9-24-13-7-5-12(6-8-13)11-18-20-17-19-16(22)14(25-17)10-15(21)23-2/h5-8,10-11H,3-4,9H2,1-2H3,(H,19,20,22)/b14-10+,18-11?. The number of thioether (sulfide) groups is 1. The van der Waals surface area contributed by atoms with Gasteiger partial charge in [-0.15, -0.1) is 5.10 Å². The molecule has 1 fully saturated rings. The first-order valence-electron chi connectivity index (χ1n) is 7.75. The number of nitrogens with one attached hydrogen (secondary N) is 1. The average Bonchev–Trinajstić information content (AvgIpc) is 2.96. The Labute approximate surface area is 150 Å². The molecule has 1 aliphatic heterocycles. The number of carbonyl (C=O) groups is 2. The molecule has 1 saturated heterocycles. The van der Waals surface area contributed by atoms with Gasteiger partial charge in [0.2, 0.25) is 0 Å². The third kappa shape index (κ3) is 6.07. The van der Waals surface area contributed by atoms with Crippen LogP contribution in [0.3, 0.4) is 0 Å². The van der Waals surface area contributed by atoms with Gasteiger partial charge in [0.15, 0.2) is 5.17 Å². The summed E-state index contributed by atoms with van der Waals surface area (Å²) in [7, 11) is 1.25. The molecule has 1 aliphatic rings. The molecule has 0 unspecified atom stereocenters. The second-order valence-electron chi connectivity index (χ2n) is 5.01. The van der Waals surface area contributed by atoms with Crippen molar-refractivity contribution in [3.8, 4) is 5.75 Å². The third-order valence-corrected chi connectivity index (χ3v) is 4.00. The van der Waals surface area contributed by atoms with Crippen LogP contribution in [0.25, 0.3) is 0 Å². The lowest BCUT2D eigenvalue weighted by molar-refractivity contribution is -0.135. The zero-order chi connectivity index (χ0) is 18.1. The molecule has 0 aliphatic carbocycles. The summed E-state index contributed by atoms with van der Waals surface area (Å²) < 4.78 is 10.1. The number of benzene rings is 1. The van der Waals surface area contributed by atoms with E-state index in [-0.39, 0.29) is 4.91 Å². The molecule has 1 amide bonds. The van der Waals surface area contributed by atoms with E-state index in [9.17, 15) is 9.59 Å². The van der Waals surface area contributed by atoms with Crippen molar-refractivity contribution < 1.29 is 19.1 Å². The lowest BCUT2D eigenvalue weighted by atomic mass is 10.2. The molecule has 1 aromatic rings. The van der Waals surface area contributed by atoms with Gasteiger partial charge < -0.3 is 9.47 Å². The highest BCUT2D eigenvalue weighted by molar-refractivity contribution is 8.18. The van der Waals surface area contributed by atoms with E-state index in [4.69, 9.17) is 4.74 Å². The Morgan fingerprint density at radius 3 is 2.76 bits per heavy atom. The predicted octanol–water partition coefficient (Wildman–Crippen LogP) is 2.48. The molecule has 0 bridgehead atoms. The summed E-state index contributed by atoms with van der Waals surface area (Å²) in [5, 5.41) is 10.7. The van der Waals surface area contributed by atoms with E-state index >= 15 is 0 Å². The molecule has 0 spiro atoms. The van der Waals surface area contributed by atoms with Crippen molar-refractivity contribution in [1.82, 2.24) is 5.32 Å². The number of esters is 1. The zero-order valence-corrected chi connectivity index (χ0v) is 14.8. The van der Waals surface area contributed by atoms with Crippen molar-refractivity contribution in [3.05, 3.63) is 40.8 Å². The monoisotopic (exact) mass is 361 g/mol. The highest BCUT2D eigenvalue weighted by Gasteiger charge is 2.24. The summed E-state index contributed by atoms with van der Waals surface area (Å²) in [6, 6.07) is 7.47. The Morgan fingerprint density at radius 2 is 2.08 bits per heavy atom. The van der Waals surface area contributed by atoms with Crippen LogP contribution in [-0.2, 0) is 14.3 Å². The van der Waals surface area contributed by atoms with Gasteiger partial charge in [0.25, 0.3) is 5.91 Å². The number of rotatable bonds is 7. The third-order valence-electron chi connectivity index (χ3n) is 3.10. The van der Waals surface area contributed by atoms with Gasteiger partial charge in [0.1, 0.15) is 5.75 Å².